The largest absolute Gasteiger partial charge is 0.461 e. The number of rotatable bonds is 3. The molecule has 96 valence electrons. The van der Waals surface area contributed by atoms with Gasteiger partial charge in [0, 0.05) is 0 Å². The molecule has 1 aliphatic rings. The number of nitrogens with zero attached hydrogens (tertiary/aromatic N) is 1. The Hall–Kier alpha value is -1.59. The second-order valence-corrected chi connectivity index (χ2v) is 4.59. The lowest BCUT2D eigenvalue weighted by Gasteiger charge is -2.20. The van der Waals surface area contributed by atoms with Gasteiger partial charge in [-0.2, -0.15) is 0 Å². The Bertz CT molecular complexity index is 342. The van der Waals surface area contributed by atoms with E-state index in [-0.39, 0.29) is 18.7 Å². The van der Waals surface area contributed by atoms with Crippen molar-refractivity contribution in [2.75, 3.05) is 6.61 Å². The van der Waals surface area contributed by atoms with E-state index >= 15 is 0 Å². The Morgan fingerprint density at radius 1 is 1.47 bits per heavy atom. The summed E-state index contributed by atoms with van der Waals surface area (Å²) in [6.07, 6.45) is -0.762. The molecule has 0 bridgehead atoms. The average Bonchev–Trinajstić information content (AvgIpc) is 2.63. The zero-order valence-electron chi connectivity index (χ0n) is 10.5. The fourth-order valence-corrected chi connectivity index (χ4v) is 1.21. The summed E-state index contributed by atoms with van der Waals surface area (Å²) in [6.45, 7) is 7.22. The number of oxime groups is 1. The Balaban J connectivity index is 2.48. The van der Waals surface area contributed by atoms with Crippen LogP contribution in [-0.4, -0.2) is 36.0 Å². The van der Waals surface area contributed by atoms with Crippen LogP contribution in [0.2, 0.25) is 0 Å². The number of esters is 2. The number of carbonyl (C=O) groups is 2. The minimum Gasteiger partial charge on any atom is -0.461 e. The first-order valence-electron chi connectivity index (χ1n) is 5.46. The molecule has 17 heavy (non-hydrogen) atoms. The highest BCUT2D eigenvalue weighted by Gasteiger charge is 2.35. The first-order valence-corrected chi connectivity index (χ1v) is 5.46. The van der Waals surface area contributed by atoms with Crippen molar-refractivity contribution in [3.63, 3.8) is 0 Å². The molecule has 0 aromatic carbocycles. The van der Waals surface area contributed by atoms with Gasteiger partial charge >= 0.3 is 11.9 Å². The summed E-state index contributed by atoms with van der Waals surface area (Å²) in [5, 5.41) is 3.53. The van der Waals surface area contributed by atoms with Crippen molar-refractivity contribution in [2.24, 2.45) is 5.16 Å². The standard InChI is InChI=1S/C11H17NO5/c1-5-15-9(13)7-6-8(17-12-7)10(14)16-11(2,3)4/h8H,5-6H2,1-4H3. The molecule has 0 amide bonds. The SMILES string of the molecule is CCOC(=O)C1=NOC(C(=O)OC(C)(C)C)C1. The van der Waals surface area contributed by atoms with E-state index in [1.807, 2.05) is 0 Å². The molecule has 0 saturated heterocycles. The molecule has 6 heteroatoms. The van der Waals surface area contributed by atoms with Crippen LogP contribution in [0.4, 0.5) is 0 Å². The number of hydrogen-bond acceptors (Lipinski definition) is 6. The minimum absolute atomic E-state index is 0.0910. The highest BCUT2D eigenvalue weighted by molar-refractivity contribution is 6.37. The van der Waals surface area contributed by atoms with Crippen molar-refractivity contribution in [3.8, 4) is 0 Å². The second kappa shape index (κ2) is 5.16. The topological polar surface area (TPSA) is 74.2 Å². The fourth-order valence-electron chi connectivity index (χ4n) is 1.21. The van der Waals surface area contributed by atoms with Gasteiger partial charge in [0.05, 0.1) is 13.0 Å². The summed E-state index contributed by atoms with van der Waals surface area (Å²) in [5.74, 6) is -1.08. The van der Waals surface area contributed by atoms with Crippen LogP contribution in [0.15, 0.2) is 5.16 Å². The summed E-state index contributed by atoms with van der Waals surface area (Å²) in [7, 11) is 0. The van der Waals surface area contributed by atoms with Crippen LogP contribution in [0.1, 0.15) is 34.1 Å². The molecule has 1 rings (SSSR count). The quantitative estimate of drug-likeness (QED) is 0.692. The van der Waals surface area contributed by atoms with Crippen LogP contribution in [0.5, 0.6) is 0 Å². The van der Waals surface area contributed by atoms with Gasteiger partial charge < -0.3 is 14.3 Å². The van der Waals surface area contributed by atoms with Gasteiger partial charge in [-0.25, -0.2) is 9.59 Å². The van der Waals surface area contributed by atoms with E-state index in [0.717, 1.165) is 0 Å². The third kappa shape index (κ3) is 4.05. The van der Waals surface area contributed by atoms with Gasteiger partial charge in [0.15, 0.2) is 5.71 Å². The van der Waals surface area contributed by atoms with Gasteiger partial charge in [0.2, 0.25) is 6.10 Å². The van der Waals surface area contributed by atoms with Gasteiger partial charge in [0.25, 0.3) is 0 Å². The van der Waals surface area contributed by atoms with Crippen LogP contribution in [0, 0.1) is 0 Å². The van der Waals surface area contributed by atoms with E-state index in [1.54, 1.807) is 27.7 Å². The number of carbonyl (C=O) groups excluding carboxylic acids is 2. The molecule has 0 spiro atoms. The maximum Gasteiger partial charge on any atom is 0.356 e. The van der Waals surface area contributed by atoms with Crippen LogP contribution in [0.25, 0.3) is 0 Å². The monoisotopic (exact) mass is 243 g/mol. The molecule has 6 nitrogen and oxygen atoms in total. The molecule has 0 aromatic rings. The molecule has 1 heterocycles. The van der Waals surface area contributed by atoms with E-state index in [0.29, 0.717) is 0 Å². The van der Waals surface area contributed by atoms with Gasteiger partial charge in [-0.05, 0) is 27.7 Å². The van der Waals surface area contributed by atoms with Crippen molar-refractivity contribution >= 4 is 17.7 Å². The van der Waals surface area contributed by atoms with E-state index in [9.17, 15) is 9.59 Å². The molecule has 0 aliphatic carbocycles. The lowest BCUT2D eigenvalue weighted by Crippen LogP contribution is -2.32. The summed E-state index contributed by atoms with van der Waals surface area (Å²) in [6, 6.07) is 0. The van der Waals surface area contributed by atoms with E-state index in [1.165, 1.54) is 0 Å². The number of hydrogen-bond donors (Lipinski definition) is 0. The molecule has 0 fully saturated rings. The van der Waals surface area contributed by atoms with E-state index < -0.39 is 23.6 Å². The highest BCUT2D eigenvalue weighted by Crippen LogP contribution is 2.17. The van der Waals surface area contributed by atoms with Crippen LogP contribution in [-0.2, 0) is 23.9 Å². The van der Waals surface area contributed by atoms with Crippen LogP contribution in [0.3, 0.4) is 0 Å². The second-order valence-electron chi connectivity index (χ2n) is 4.59. The third-order valence-electron chi connectivity index (χ3n) is 1.85. The zero-order chi connectivity index (χ0) is 13.1. The summed E-state index contributed by atoms with van der Waals surface area (Å²) >= 11 is 0. The lowest BCUT2D eigenvalue weighted by atomic mass is 10.1. The zero-order valence-corrected chi connectivity index (χ0v) is 10.5. The highest BCUT2D eigenvalue weighted by atomic mass is 16.7. The minimum atomic E-state index is -0.853. The molecule has 1 atom stereocenters. The summed E-state index contributed by atoms with van der Waals surface area (Å²) < 4.78 is 9.87. The van der Waals surface area contributed by atoms with Gasteiger partial charge in [0.1, 0.15) is 5.60 Å². The molecule has 1 unspecified atom stereocenters. The van der Waals surface area contributed by atoms with Crippen LogP contribution >= 0.6 is 0 Å². The summed E-state index contributed by atoms with van der Waals surface area (Å²) in [4.78, 5) is 27.8. The Labute approximate surface area is 99.9 Å². The Morgan fingerprint density at radius 3 is 2.65 bits per heavy atom. The predicted octanol–water partition coefficient (Wildman–Crippen LogP) is 1.04. The summed E-state index contributed by atoms with van der Waals surface area (Å²) in [5.41, 5.74) is -0.477. The maximum absolute atomic E-state index is 11.6. The third-order valence-corrected chi connectivity index (χ3v) is 1.85. The van der Waals surface area contributed by atoms with Crippen molar-refractivity contribution in [2.45, 2.75) is 45.8 Å². The molecule has 0 radical (unpaired) electrons. The normalized spacial score (nSPS) is 19.3. The predicted molar refractivity (Wildman–Crippen MR) is 59.4 cm³/mol. The van der Waals surface area contributed by atoms with Gasteiger partial charge in [-0.1, -0.05) is 5.16 Å². The van der Waals surface area contributed by atoms with Crippen molar-refractivity contribution in [3.05, 3.63) is 0 Å². The first kappa shape index (κ1) is 13.5. The molecular weight excluding hydrogens is 226 g/mol. The lowest BCUT2D eigenvalue weighted by molar-refractivity contribution is -0.166. The fraction of sp³-hybridized carbons (Fsp3) is 0.727. The van der Waals surface area contributed by atoms with Crippen LogP contribution < -0.4 is 0 Å². The van der Waals surface area contributed by atoms with Crippen molar-refractivity contribution in [1.82, 2.24) is 0 Å². The number of ether oxygens (including phenoxy) is 2. The van der Waals surface area contributed by atoms with Crippen molar-refractivity contribution in [1.29, 1.82) is 0 Å². The Kier molecular flexibility index (Phi) is 4.09. The molecule has 1 aliphatic heterocycles. The first-order chi connectivity index (χ1) is 7.83. The van der Waals surface area contributed by atoms with E-state index in [2.05, 4.69) is 5.16 Å². The van der Waals surface area contributed by atoms with Crippen molar-refractivity contribution < 1.29 is 23.9 Å². The molecular formula is C11H17NO5. The van der Waals surface area contributed by atoms with Gasteiger partial charge in [-0.3, -0.25) is 0 Å². The average molecular weight is 243 g/mol. The molecule has 0 N–H and O–H groups in total. The Morgan fingerprint density at radius 2 is 2.12 bits per heavy atom. The smallest absolute Gasteiger partial charge is 0.356 e. The van der Waals surface area contributed by atoms with E-state index in [4.69, 9.17) is 14.3 Å². The van der Waals surface area contributed by atoms with Gasteiger partial charge in [-0.15, -0.1) is 0 Å². The molecule has 0 aromatic heterocycles. The maximum atomic E-state index is 11.6. The molecule has 0 saturated carbocycles.